The number of hydrogen-bond donors (Lipinski definition) is 1. The number of ether oxygens (including phenoxy) is 1. The highest BCUT2D eigenvalue weighted by Gasteiger charge is 2.30. The molecule has 1 atom stereocenters. The second kappa shape index (κ2) is 6.27. The largest absolute Gasteiger partial charge is 0.496 e. The summed E-state index contributed by atoms with van der Waals surface area (Å²) in [5.41, 5.74) is 2.92. The SMILES string of the molecule is COc1ccc(C(C(=O)O)N2CCCCC2)c(C)c1C. The highest BCUT2D eigenvalue weighted by molar-refractivity contribution is 5.76. The number of likely N-dealkylation sites (tertiary alicyclic amines) is 1. The van der Waals surface area contributed by atoms with Crippen LogP contribution in [0, 0.1) is 13.8 Å². The molecule has 110 valence electrons. The third kappa shape index (κ3) is 2.80. The van der Waals surface area contributed by atoms with Crippen molar-refractivity contribution >= 4 is 5.97 Å². The van der Waals surface area contributed by atoms with E-state index in [1.54, 1.807) is 7.11 Å². The number of methoxy groups -OCH3 is 1. The fourth-order valence-corrected chi connectivity index (χ4v) is 3.00. The second-order valence-electron chi connectivity index (χ2n) is 5.44. The fraction of sp³-hybridized carbons (Fsp3) is 0.562. The Hall–Kier alpha value is -1.55. The number of aliphatic carboxylic acids is 1. The van der Waals surface area contributed by atoms with Crippen LogP contribution in [-0.2, 0) is 4.79 Å². The molecule has 1 saturated heterocycles. The lowest BCUT2D eigenvalue weighted by Gasteiger charge is -2.33. The van der Waals surface area contributed by atoms with Crippen LogP contribution in [-0.4, -0.2) is 36.2 Å². The normalized spacial score (nSPS) is 17.8. The predicted molar refractivity (Wildman–Crippen MR) is 78.3 cm³/mol. The molecule has 1 aliphatic rings. The number of carbonyl (C=O) groups is 1. The molecule has 1 heterocycles. The van der Waals surface area contributed by atoms with Gasteiger partial charge in [-0.05, 0) is 62.5 Å². The van der Waals surface area contributed by atoms with Gasteiger partial charge in [-0.25, -0.2) is 0 Å². The number of hydrogen-bond acceptors (Lipinski definition) is 3. The van der Waals surface area contributed by atoms with Crippen molar-refractivity contribution < 1.29 is 14.6 Å². The summed E-state index contributed by atoms with van der Waals surface area (Å²) < 4.78 is 5.31. The van der Waals surface area contributed by atoms with E-state index in [0.29, 0.717) is 0 Å². The molecule has 0 aromatic heterocycles. The third-order valence-corrected chi connectivity index (χ3v) is 4.28. The van der Waals surface area contributed by atoms with E-state index in [1.165, 1.54) is 6.42 Å². The van der Waals surface area contributed by atoms with Crippen LogP contribution in [0.1, 0.15) is 42.0 Å². The Morgan fingerprint density at radius 1 is 1.20 bits per heavy atom. The zero-order valence-electron chi connectivity index (χ0n) is 12.5. The maximum atomic E-state index is 11.7. The molecule has 1 N–H and O–H groups in total. The van der Waals surface area contributed by atoms with Gasteiger partial charge in [0.2, 0.25) is 0 Å². The smallest absolute Gasteiger partial charge is 0.325 e. The molecule has 1 aliphatic heterocycles. The fourth-order valence-electron chi connectivity index (χ4n) is 3.00. The molecular formula is C16H23NO3. The minimum absolute atomic E-state index is 0.542. The molecule has 1 fully saturated rings. The summed E-state index contributed by atoms with van der Waals surface area (Å²) in [6.07, 6.45) is 3.36. The second-order valence-corrected chi connectivity index (χ2v) is 5.44. The van der Waals surface area contributed by atoms with Gasteiger partial charge < -0.3 is 9.84 Å². The zero-order valence-corrected chi connectivity index (χ0v) is 12.5. The monoisotopic (exact) mass is 277 g/mol. The molecule has 0 saturated carbocycles. The summed E-state index contributed by atoms with van der Waals surface area (Å²) in [6, 6.07) is 3.23. The molecule has 1 unspecified atom stereocenters. The van der Waals surface area contributed by atoms with E-state index in [2.05, 4.69) is 4.90 Å². The van der Waals surface area contributed by atoms with Crippen molar-refractivity contribution in [3.8, 4) is 5.75 Å². The number of carboxylic acids is 1. The van der Waals surface area contributed by atoms with Crippen molar-refractivity contribution in [3.05, 3.63) is 28.8 Å². The molecule has 1 aromatic carbocycles. The van der Waals surface area contributed by atoms with Gasteiger partial charge in [0, 0.05) is 0 Å². The van der Waals surface area contributed by atoms with E-state index < -0.39 is 12.0 Å². The standard InChI is InChI=1S/C16H23NO3/c1-11-12(2)14(20-3)8-7-13(11)15(16(18)19)17-9-5-4-6-10-17/h7-8,15H,4-6,9-10H2,1-3H3,(H,18,19). The molecule has 0 spiro atoms. The molecule has 1 aromatic rings. The van der Waals surface area contributed by atoms with Gasteiger partial charge in [0.25, 0.3) is 0 Å². The van der Waals surface area contributed by atoms with E-state index in [9.17, 15) is 9.90 Å². The third-order valence-electron chi connectivity index (χ3n) is 4.28. The molecule has 0 aliphatic carbocycles. The van der Waals surface area contributed by atoms with Crippen molar-refractivity contribution in [1.29, 1.82) is 0 Å². The van der Waals surface area contributed by atoms with Gasteiger partial charge in [-0.3, -0.25) is 9.69 Å². The lowest BCUT2D eigenvalue weighted by atomic mass is 9.94. The van der Waals surface area contributed by atoms with Gasteiger partial charge >= 0.3 is 5.97 Å². The van der Waals surface area contributed by atoms with Gasteiger partial charge in [-0.1, -0.05) is 12.5 Å². The minimum atomic E-state index is -0.764. The molecule has 0 radical (unpaired) electrons. The summed E-state index contributed by atoms with van der Waals surface area (Å²) >= 11 is 0. The first-order chi connectivity index (χ1) is 9.56. The average Bonchev–Trinajstić information content (AvgIpc) is 2.45. The number of nitrogens with zero attached hydrogens (tertiary/aromatic N) is 1. The molecule has 4 heteroatoms. The van der Waals surface area contributed by atoms with Crippen molar-refractivity contribution in [3.63, 3.8) is 0 Å². The molecule has 2 rings (SSSR count). The van der Waals surface area contributed by atoms with Crippen LogP contribution >= 0.6 is 0 Å². The van der Waals surface area contributed by atoms with Crippen LogP contribution in [0.15, 0.2) is 12.1 Å². The van der Waals surface area contributed by atoms with Gasteiger partial charge in [-0.15, -0.1) is 0 Å². The summed E-state index contributed by atoms with van der Waals surface area (Å²) in [5, 5.41) is 9.65. The number of rotatable bonds is 4. The Kier molecular flexibility index (Phi) is 4.65. The van der Waals surface area contributed by atoms with E-state index in [1.807, 2.05) is 26.0 Å². The van der Waals surface area contributed by atoms with Crippen LogP contribution in [0.2, 0.25) is 0 Å². The maximum absolute atomic E-state index is 11.7. The van der Waals surface area contributed by atoms with Crippen LogP contribution in [0.3, 0.4) is 0 Å². The minimum Gasteiger partial charge on any atom is -0.496 e. The molecule has 0 amide bonds. The maximum Gasteiger partial charge on any atom is 0.325 e. The van der Waals surface area contributed by atoms with E-state index in [-0.39, 0.29) is 0 Å². The summed E-state index contributed by atoms with van der Waals surface area (Å²) in [7, 11) is 1.64. The lowest BCUT2D eigenvalue weighted by Crippen LogP contribution is -2.38. The van der Waals surface area contributed by atoms with Crippen LogP contribution < -0.4 is 4.74 Å². The topological polar surface area (TPSA) is 49.8 Å². The first-order valence-corrected chi connectivity index (χ1v) is 7.17. The summed E-state index contributed by atoms with van der Waals surface area (Å²) in [4.78, 5) is 13.8. The molecule has 20 heavy (non-hydrogen) atoms. The Morgan fingerprint density at radius 2 is 1.85 bits per heavy atom. The van der Waals surface area contributed by atoms with Gasteiger partial charge in [0.05, 0.1) is 7.11 Å². The lowest BCUT2D eigenvalue weighted by molar-refractivity contribution is -0.144. The summed E-state index contributed by atoms with van der Waals surface area (Å²) in [6.45, 7) is 5.68. The van der Waals surface area contributed by atoms with Crippen molar-refractivity contribution in [2.75, 3.05) is 20.2 Å². The Morgan fingerprint density at radius 3 is 2.40 bits per heavy atom. The average molecular weight is 277 g/mol. The molecule has 0 bridgehead atoms. The first kappa shape index (κ1) is 14.9. The van der Waals surface area contributed by atoms with Crippen LogP contribution in [0.5, 0.6) is 5.75 Å². The van der Waals surface area contributed by atoms with E-state index >= 15 is 0 Å². The Labute approximate surface area is 120 Å². The Bertz CT molecular complexity index is 493. The van der Waals surface area contributed by atoms with Crippen molar-refractivity contribution in [1.82, 2.24) is 4.90 Å². The van der Waals surface area contributed by atoms with Gasteiger partial charge in [0.15, 0.2) is 0 Å². The predicted octanol–water partition coefficient (Wildman–Crippen LogP) is 2.92. The number of piperidine rings is 1. The highest BCUT2D eigenvalue weighted by atomic mass is 16.5. The molecular weight excluding hydrogens is 254 g/mol. The number of carboxylic acid groups (broad SMARTS) is 1. The van der Waals surface area contributed by atoms with E-state index in [4.69, 9.17) is 4.74 Å². The van der Waals surface area contributed by atoms with Gasteiger partial charge in [-0.2, -0.15) is 0 Å². The number of benzene rings is 1. The Balaban J connectivity index is 2.39. The van der Waals surface area contributed by atoms with E-state index in [0.717, 1.165) is 48.4 Å². The highest BCUT2D eigenvalue weighted by Crippen LogP contribution is 2.32. The summed E-state index contributed by atoms with van der Waals surface area (Å²) in [5.74, 6) is 0.0496. The first-order valence-electron chi connectivity index (χ1n) is 7.17. The van der Waals surface area contributed by atoms with Crippen LogP contribution in [0.25, 0.3) is 0 Å². The van der Waals surface area contributed by atoms with Crippen molar-refractivity contribution in [2.45, 2.75) is 39.2 Å². The van der Waals surface area contributed by atoms with Crippen molar-refractivity contribution in [2.24, 2.45) is 0 Å². The molecule has 4 nitrogen and oxygen atoms in total. The quantitative estimate of drug-likeness (QED) is 0.919. The van der Waals surface area contributed by atoms with Crippen LogP contribution in [0.4, 0.5) is 0 Å². The zero-order chi connectivity index (χ0) is 14.7. The van der Waals surface area contributed by atoms with Gasteiger partial charge in [0.1, 0.15) is 11.8 Å².